The summed E-state index contributed by atoms with van der Waals surface area (Å²) in [6.07, 6.45) is 4.58. The number of rotatable bonds is 4. The smallest absolute Gasteiger partial charge is 0.269 e. The molecule has 0 atom stereocenters. The van der Waals surface area contributed by atoms with E-state index in [0.29, 0.717) is 0 Å². The van der Waals surface area contributed by atoms with Crippen LogP contribution in [0.2, 0.25) is 0 Å². The van der Waals surface area contributed by atoms with Crippen molar-refractivity contribution in [2.75, 3.05) is 0 Å². The van der Waals surface area contributed by atoms with Crippen LogP contribution in [0.1, 0.15) is 19.8 Å². The van der Waals surface area contributed by atoms with Gasteiger partial charge in [0.1, 0.15) is 0 Å². The molecule has 10 heavy (non-hydrogen) atoms. The van der Waals surface area contributed by atoms with E-state index in [1.165, 1.54) is 6.20 Å². The molecular weight excluding hydrogens is 154 g/mol. The monoisotopic (exact) mass is 165 g/mol. The average molecular weight is 165 g/mol. The van der Waals surface area contributed by atoms with Gasteiger partial charge in [-0.2, -0.15) is 8.42 Å². The zero-order valence-electron chi connectivity index (χ0n) is 5.74. The first-order valence-corrected chi connectivity index (χ1v) is 4.40. The van der Waals surface area contributed by atoms with E-state index in [-0.39, 0.29) is 0 Å². The van der Waals surface area contributed by atoms with Crippen LogP contribution in [0.4, 0.5) is 0 Å². The van der Waals surface area contributed by atoms with Gasteiger partial charge in [0.25, 0.3) is 0 Å². The van der Waals surface area contributed by atoms with Crippen LogP contribution in [0.5, 0.6) is 0 Å². The van der Waals surface area contributed by atoms with Crippen LogP contribution in [0.15, 0.2) is 12.3 Å². The highest BCUT2D eigenvalue weighted by Crippen LogP contribution is 1.86. The quantitative estimate of drug-likeness (QED) is 0.602. The lowest BCUT2D eigenvalue weighted by atomic mass is 10.3. The third-order valence-electron chi connectivity index (χ3n) is 0.790. The fraction of sp³-hybridized carbons (Fsp3) is 0.600. The molecule has 4 nitrogen and oxygen atoms in total. The predicted octanol–water partition coefficient (Wildman–Crippen LogP) is 0.693. The summed E-state index contributed by atoms with van der Waals surface area (Å²) < 4.78 is 29.9. The molecule has 0 aromatic carbocycles. The second-order valence-electron chi connectivity index (χ2n) is 1.78. The summed E-state index contributed by atoms with van der Waals surface area (Å²) in [5, 5.41) is 0. The Kier molecular flexibility index (Phi) is 4.06. The molecule has 0 radical (unpaired) electrons. The summed E-state index contributed by atoms with van der Waals surface area (Å²) >= 11 is 0. The number of unbranched alkanes of at least 4 members (excludes halogenated alkanes) is 1. The third kappa shape index (κ3) is 7.45. The molecule has 0 aromatic rings. The highest BCUT2D eigenvalue weighted by molar-refractivity contribution is 7.83. The van der Waals surface area contributed by atoms with Crippen molar-refractivity contribution >= 4 is 10.3 Å². The predicted molar refractivity (Wildman–Crippen MR) is 38.7 cm³/mol. The summed E-state index contributed by atoms with van der Waals surface area (Å²) in [7, 11) is -4.04. The summed E-state index contributed by atoms with van der Waals surface area (Å²) in [6, 6.07) is 0. The molecule has 0 saturated carbocycles. The van der Waals surface area contributed by atoms with Crippen molar-refractivity contribution < 1.29 is 13.0 Å². The van der Waals surface area contributed by atoms with Gasteiger partial charge >= 0.3 is 10.3 Å². The van der Waals surface area contributed by atoms with E-state index in [4.69, 9.17) is 4.55 Å². The van der Waals surface area contributed by atoms with E-state index in [0.717, 1.165) is 12.8 Å². The van der Waals surface area contributed by atoms with Crippen molar-refractivity contribution in [2.24, 2.45) is 0 Å². The van der Waals surface area contributed by atoms with Crippen molar-refractivity contribution in [1.29, 1.82) is 0 Å². The van der Waals surface area contributed by atoms with Gasteiger partial charge in [-0.3, -0.25) is 9.27 Å². The van der Waals surface area contributed by atoms with E-state index in [9.17, 15) is 8.42 Å². The molecule has 0 rings (SSSR count). The van der Waals surface area contributed by atoms with Gasteiger partial charge < -0.3 is 0 Å². The lowest BCUT2D eigenvalue weighted by molar-refractivity contribution is 0.476. The van der Waals surface area contributed by atoms with Crippen LogP contribution in [-0.2, 0) is 10.3 Å². The summed E-state index contributed by atoms with van der Waals surface area (Å²) in [5.74, 6) is 0. The highest BCUT2D eigenvalue weighted by Gasteiger charge is 1.94. The summed E-state index contributed by atoms with van der Waals surface area (Å²) in [4.78, 5) is 0. The second-order valence-corrected chi connectivity index (χ2v) is 2.97. The second kappa shape index (κ2) is 4.29. The first-order chi connectivity index (χ1) is 4.56. The average Bonchev–Trinajstić information content (AvgIpc) is 1.78. The summed E-state index contributed by atoms with van der Waals surface area (Å²) in [5.41, 5.74) is 0. The Labute approximate surface area is 60.8 Å². The molecule has 0 amide bonds. The minimum absolute atomic E-state index is 0.794. The molecule has 0 heterocycles. The Bertz CT molecular complexity index is 195. The lowest BCUT2D eigenvalue weighted by Crippen LogP contribution is -2.15. The van der Waals surface area contributed by atoms with Gasteiger partial charge in [0, 0.05) is 6.20 Å². The fourth-order valence-corrected chi connectivity index (χ4v) is 0.652. The molecule has 0 aliphatic rings. The zero-order valence-corrected chi connectivity index (χ0v) is 6.56. The van der Waals surface area contributed by atoms with Gasteiger partial charge in [0.15, 0.2) is 0 Å². The van der Waals surface area contributed by atoms with Crippen molar-refractivity contribution in [3.8, 4) is 0 Å². The Morgan fingerprint density at radius 1 is 1.60 bits per heavy atom. The maximum atomic E-state index is 9.99. The molecule has 0 aromatic heterocycles. The van der Waals surface area contributed by atoms with Gasteiger partial charge in [0.05, 0.1) is 0 Å². The molecule has 60 valence electrons. The van der Waals surface area contributed by atoms with Crippen LogP contribution < -0.4 is 4.72 Å². The number of hydrogen-bond donors (Lipinski definition) is 2. The molecular formula is C5H11NO3S. The molecule has 0 spiro atoms. The van der Waals surface area contributed by atoms with Crippen LogP contribution in [0.25, 0.3) is 0 Å². The number of hydrogen-bond acceptors (Lipinski definition) is 2. The molecule has 2 N–H and O–H groups in total. The lowest BCUT2D eigenvalue weighted by Gasteiger charge is -1.91. The van der Waals surface area contributed by atoms with Crippen molar-refractivity contribution in [2.45, 2.75) is 19.8 Å². The van der Waals surface area contributed by atoms with E-state index in [1.54, 1.807) is 10.8 Å². The van der Waals surface area contributed by atoms with Crippen LogP contribution >= 0.6 is 0 Å². The van der Waals surface area contributed by atoms with Gasteiger partial charge in [0.2, 0.25) is 0 Å². The minimum Gasteiger partial charge on any atom is -0.269 e. The maximum Gasteiger partial charge on any atom is 0.357 e. The topological polar surface area (TPSA) is 66.4 Å². The largest absolute Gasteiger partial charge is 0.357 e. The van der Waals surface area contributed by atoms with E-state index in [1.807, 2.05) is 6.92 Å². The van der Waals surface area contributed by atoms with Crippen molar-refractivity contribution in [3.63, 3.8) is 0 Å². The van der Waals surface area contributed by atoms with Gasteiger partial charge in [-0.05, 0) is 6.42 Å². The zero-order chi connectivity index (χ0) is 8.04. The summed E-state index contributed by atoms with van der Waals surface area (Å²) in [6.45, 7) is 1.97. The first kappa shape index (κ1) is 9.45. The number of nitrogens with one attached hydrogen (secondary N) is 1. The van der Waals surface area contributed by atoms with E-state index < -0.39 is 10.3 Å². The van der Waals surface area contributed by atoms with Crippen LogP contribution in [0, 0.1) is 0 Å². The van der Waals surface area contributed by atoms with E-state index in [2.05, 4.69) is 0 Å². The van der Waals surface area contributed by atoms with Crippen molar-refractivity contribution in [1.82, 2.24) is 4.72 Å². The molecule has 0 unspecified atom stereocenters. The Morgan fingerprint density at radius 3 is 2.60 bits per heavy atom. The normalized spacial score (nSPS) is 12.2. The standard InChI is InChI=1S/C5H11NO3S/c1-2-3-4-5-6-10(7,8)9/h4-6H,2-3H2,1H3,(H,7,8,9). The maximum absolute atomic E-state index is 9.99. The minimum atomic E-state index is -4.04. The Morgan fingerprint density at radius 2 is 2.20 bits per heavy atom. The third-order valence-corrected chi connectivity index (χ3v) is 1.22. The Hall–Kier alpha value is -0.550. The molecule has 5 heteroatoms. The molecule has 0 bridgehead atoms. The van der Waals surface area contributed by atoms with Crippen LogP contribution in [0.3, 0.4) is 0 Å². The fourth-order valence-electron chi connectivity index (χ4n) is 0.384. The number of allylic oxidation sites excluding steroid dienone is 1. The van der Waals surface area contributed by atoms with Crippen molar-refractivity contribution in [3.05, 3.63) is 12.3 Å². The molecule has 0 fully saturated rings. The van der Waals surface area contributed by atoms with Gasteiger partial charge in [-0.25, -0.2) is 0 Å². The highest BCUT2D eigenvalue weighted by atomic mass is 32.2. The SMILES string of the molecule is CCCC=CNS(=O)(=O)O. The van der Waals surface area contributed by atoms with E-state index >= 15 is 0 Å². The van der Waals surface area contributed by atoms with Gasteiger partial charge in [-0.15, -0.1) is 0 Å². The first-order valence-electron chi connectivity index (χ1n) is 2.96. The molecule has 0 aliphatic carbocycles. The van der Waals surface area contributed by atoms with Gasteiger partial charge in [-0.1, -0.05) is 19.4 Å². The molecule has 0 aliphatic heterocycles. The molecule has 0 saturated heterocycles. The van der Waals surface area contributed by atoms with Crippen LogP contribution in [-0.4, -0.2) is 13.0 Å². The Balaban J connectivity index is 3.55.